The van der Waals surface area contributed by atoms with Gasteiger partial charge in [0.1, 0.15) is 6.04 Å². The number of nitrogens with one attached hydrogen (secondary N) is 1. The Hall–Kier alpha value is -2.86. The van der Waals surface area contributed by atoms with Crippen molar-refractivity contribution in [3.05, 3.63) is 65.0 Å². The van der Waals surface area contributed by atoms with Crippen LogP contribution in [0.2, 0.25) is 5.02 Å². The predicted molar refractivity (Wildman–Crippen MR) is 101 cm³/mol. The summed E-state index contributed by atoms with van der Waals surface area (Å²) in [4.78, 5) is 18.7. The minimum Gasteiger partial charge on any atom is -0.378 e. The summed E-state index contributed by atoms with van der Waals surface area (Å²) in [5, 5.41) is 7.21. The lowest BCUT2D eigenvalue weighted by Crippen LogP contribution is -2.27. The van der Waals surface area contributed by atoms with Crippen molar-refractivity contribution in [2.45, 2.75) is 13.0 Å². The summed E-state index contributed by atoms with van der Waals surface area (Å²) in [6.07, 6.45) is 0. The van der Waals surface area contributed by atoms with Crippen LogP contribution in [-0.4, -0.2) is 30.1 Å². The Labute approximate surface area is 156 Å². The summed E-state index contributed by atoms with van der Waals surface area (Å²) in [6.45, 7) is 1.78. The van der Waals surface area contributed by atoms with Crippen LogP contribution in [0.25, 0.3) is 11.4 Å². The molecule has 0 unspecified atom stereocenters. The topological polar surface area (TPSA) is 71.3 Å². The Morgan fingerprint density at radius 2 is 1.85 bits per heavy atom. The second-order valence-corrected chi connectivity index (χ2v) is 6.48. The molecular formula is C19H19ClN4O2. The zero-order chi connectivity index (χ0) is 18.7. The van der Waals surface area contributed by atoms with Crippen molar-refractivity contribution in [3.63, 3.8) is 0 Å². The molecule has 1 N–H and O–H groups in total. The number of aromatic nitrogens is 2. The standard InChI is InChI=1S/C19H19ClN4O2/c1-12(21-18(25)15-6-4-5-7-16(15)20)19-22-17(23-26-19)13-8-10-14(11-9-13)24(2)3/h4-12H,1-3H3,(H,21,25)/t12-/m1/s1. The quantitative estimate of drug-likeness (QED) is 0.736. The van der Waals surface area contributed by atoms with Gasteiger partial charge in [-0.3, -0.25) is 4.79 Å². The third kappa shape index (κ3) is 3.86. The van der Waals surface area contributed by atoms with Crippen LogP contribution in [0.1, 0.15) is 29.2 Å². The van der Waals surface area contributed by atoms with Crippen LogP contribution < -0.4 is 10.2 Å². The predicted octanol–water partition coefficient (Wildman–Crippen LogP) is 3.95. The first-order chi connectivity index (χ1) is 12.5. The van der Waals surface area contributed by atoms with Gasteiger partial charge >= 0.3 is 0 Å². The van der Waals surface area contributed by atoms with E-state index in [1.165, 1.54) is 0 Å². The third-order valence-corrected chi connectivity index (χ3v) is 4.25. The first-order valence-electron chi connectivity index (χ1n) is 8.12. The Morgan fingerprint density at radius 1 is 1.15 bits per heavy atom. The first-order valence-corrected chi connectivity index (χ1v) is 8.50. The van der Waals surface area contributed by atoms with Crippen LogP contribution >= 0.6 is 11.6 Å². The fourth-order valence-electron chi connectivity index (χ4n) is 2.42. The molecule has 3 aromatic rings. The van der Waals surface area contributed by atoms with Crippen LogP contribution in [0.5, 0.6) is 0 Å². The lowest BCUT2D eigenvalue weighted by molar-refractivity contribution is 0.0932. The number of hydrogen-bond donors (Lipinski definition) is 1. The van der Waals surface area contributed by atoms with Gasteiger partial charge in [0.2, 0.25) is 11.7 Å². The molecule has 1 heterocycles. The van der Waals surface area contributed by atoms with Crippen molar-refractivity contribution in [2.24, 2.45) is 0 Å². The maximum atomic E-state index is 12.3. The fourth-order valence-corrected chi connectivity index (χ4v) is 2.64. The van der Waals surface area contributed by atoms with Gasteiger partial charge in [0, 0.05) is 25.3 Å². The average molecular weight is 371 g/mol. The summed E-state index contributed by atoms with van der Waals surface area (Å²) in [5.74, 6) is 0.513. The molecule has 0 aliphatic heterocycles. The summed E-state index contributed by atoms with van der Waals surface area (Å²) >= 11 is 6.05. The van der Waals surface area contributed by atoms with Crippen LogP contribution in [0, 0.1) is 0 Å². The normalized spacial score (nSPS) is 11.8. The molecule has 7 heteroatoms. The molecular weight excluding hydrogens is 352 g/mol. The largest absolute Gasteiger partial charge is 0.378 e. The van der Waals surface area contributed by atoms with E-state index in [1.807, 2.05) is 43.3 Å². The van der Waals surface area contributed by atoms with E-state index in [1.54, 1.807) is 31.2 Å². The van der Waals surface area contributed by atoms with E-state index in [4.69, 9.17) is 16.1 Å². The van der Waals surface area contributed by atoms with E-state index < -0.39 is 6.04 Å². The molecule has 1 atom stereocenters. The number of amides is 1. The van der Waals surface area contributed by atoms with Gasteiger partial charge in [0.15, 0.2) is 0 Å². The maximum absolute atomic E-state index is 12.3. The SMILES string of the molecule is C[C@@H](NC(=O)c1ccccc1Cl)c1nc(-c2ccc(N(C)C)cc2)no1. The molecule has 0 fully saturated rings. The fraction of sp³-hybridized carbons (Fsp3) is 0.211. The van der Waals surface area contributed by atoms with Crippen LogP contribution in [0.15, 0.2) is 53.1 Å². The van der Waals surface area contributed by atoms with E-state index in [2.05, 4.69) is 15.5 Å². The third-order valence-electron chi connectivity index (χ3n) is 3.92. The number of halogens is 1. The Bertz CT molecular complexity index is 906. The molecule has 0 spiro atoms. The van der Waals surface area contributed by atoms with Gasteiger partial charge in [-0.1, -0.05) is 28.9 Å². The van der Waals surface area contributed by atoms with Gasteiger partial charge in [0.05, 0.1) is 10.6 Å². The van der Waals surface area contributed by atoms with E-state index in [9.17, 15) is 4.79 Å². The smallest absolute Gasteiger partial charge is 0.253 e. The molecule has 2 aromatic carbocycles. The van der Waals surface area contributed by atoms with E-state index >= 15 is 0 Å². The number of nitrogens with zero attached hydrogens (tertiary/aromatic N) is 3. The van der Waals surface area contributed by atoms with Crippen LogP contribution in [-0.2, 0) is 0 Å². The zero-order valence-electron chi connectivity index (χ0n) is 14.7. The average Bonchev–Trinajstić information content (AvgIpc) is 3.12. The number of rotatable bonds is 5. The minimum atomic E-state index is -0.443. The van der Waals surface area contributed by atoms with E-state index in [0.717, 1.165) is 11.3 Å². The zero-order valence-corrected chi connectivity index (χ0v) is 15.5. The molecule has 0 saturated heterocycles. The number of anilines is 1. The highest BCUT2D eigenvalue weighted by atomic mass is 35.5. The van der Waals surface area contributed by atoms with Gasteiger partial charge in [0.25, 0.3) is 5.91 Å². The number of carbonyl (C=O) groups excluding carboxylic acids is 1. The molecule has 0 radical (unpaired) electrons. The lowest BCUT2D eigenvalue weighted by Gasteiger charge is -2.11. The Morgan fingerprint density at radius 3 is 2.50 bits per heavy atom. The summed E-state index contributed by atoms with van der Waals surface area (Å²) in [6, 6.07) is 14.2. The van der Waals surface area contributed by atoms with E-state index in [-0.39, 0.29) is 5.91 Å². The van der Waals surface area contributed by atoms with Crippen molar-refractivity contribution >= 4 is 23.2 Å². The highest BCUT2D eigenvalue weighted by Gasteiger charge is 2.19. The van der Waals surface area contributed by atoms with Gasteiger partial charge in [-0.2, -0.15) is 4.98 Å². The van der Waals surface area contributed by atoms with Gasteiger partial charge < -0.3 is 14.7 Å². The summed E-state index contributed by atoms with van der Waals surface area (Å²) in [5.41, 5.74) is 2.33. The van der Waals surface area contributed by atoms with Crippen molar-refractivity contribution in [3.8, 4) is 11.4 Å². The highest BCUT2D eigenvalue weighted by molar-refractivity contribution is 6.33. The van der Waals surface area contributed by atoms with Gasteiger partial charge in [-0.25, -0.2) is 0 Å². The summed E-state index contributed by atoms with van der Waals surface area (Å²) in [7, 11) is 3.95. The molecule has 134 valence electrons. The Kier molecular flexibility index (Phi) is 5.23. The molecule has 0 bridgehead atoms. The molecule has 26 heavy (non-hydrogen) atoms. The summed E-state index contributed by atoms with van der Waals surface area (Å²) < 4.78 is 5.31. The van der Waals surface area contributed by atoms with Gasteiger partial charge in [-0.15, -0.1) is 0 Å². The molecule has 3 rings (SSSR count). The Balaban J connectivity index is 1.72. The van der Waals surface area contributed by atoms with Crippen LogP contribution in [0.4, 0.5) is 5.69 Å². The maximum Gasteiger partial charge on any atom is 0.253 e. The molecule has 0 aliphatic rings. The van der Waals surface area contributed by atoms with Crippen molar-refractivity contribution < 1.29 is 9.32 Å². The minimum absolute atomic E-state index is 0.293. The second kappa shape index (κ2) is 7.58. The molecule has 1 aromatic heterocycles. The molecule has 0 aliphatic carbocycles. The monoisotopic (exact) mass is 370 g/mol. The van der Waals surface area contributed by atoms with Crippen molar-refractivity contribution in [1.29, 1.82) is 0 Å². The number of carbonyl (C=O) groups is 1. The number of hydrogen-bond acceptors (Lipinski definition) is 5. The lowest BCUT2D eigenvalue weighted by atomic mass is 10.2. The first kappa shape index (κ1) is 17.9. The molecule has 1 amide bonds. The molecule has 0 saturated carbocycles. The number of benzene rings is 2. The van der Waals surface area contributed by atoms with Gasteiger partial charge in [-0.05, 0) is 43.3 Å². The van der Waals surface area contributed by atoms with Crippen LogP contribution in [0.3, 0.4) is 0 Å². The second-order valence-electron chi connectivity index (χ2n) is 6.07. The highest BCUT2D eigenvalue weighted by Crippen LogP contribution is 2.22. The van der Waals surface area contributed by atoms with E-state index in [0.29, 0.717) is 22.3 Å². The van der Waals surface area contributed by atoms with Crippen molar-refractivity contribution in [1.82, 2.24) is 15.5 Å². The van der Waals surface area contributed by atoms with Crippen molar-refractivity contribution in [2.75, 3.05) is 19.0 Å². The molecule has 6 nitrogen and oxygen atoms in total.